The summed E-state index contributed by atoms with van der Waals surface area (Å²) in [6.07, 6.45) is 0. The fourth-order valence-corrected chi connectivity index (χ4v) is 2.19. The van der Waals surface area contributed by atoms with E-state index in [1.165, 1.54) is 23.1 Å². The first-order chi connectivity index (χ1) is 10.4. The Morgan fingerprint density at radius 2 is 1.73 bits per heavy atom. The minimum absolute atomic E-state index is 0.0529. The molecule has 2 amide bonds. The first kappa shape index (κ1) is 16.2. The number of anilines is 1. The van der Waals surface area contributed by atoms with E-state index >= 15 is 0 Å². The highest BCUT2D eigenvalue weighted by atomic mass is 79.9. The van der Waals surface area contributed by atoms with Gasteiger partial charge < -0.3 is 10.2 Å². The SMILES string of the molecule is CN(C)C(=O)c1ccc(NC(=O)c2cc(Br)ccc2F)cc1. The van der Waals surface area contributed by atoms with Crippen LogP contribution in [0, 0.1) is 5.82 Å². The molecule has 0 heterocycles. The molecule has 0 radical (unpaired) electrons. The molecule has 2 aromatic rings. The van der Waals surface area contributed by atoms with Crippen LogP contribution in [0.25, 0.3) is 0 Å². The molecule has 2 aromatic carbocycles. The zero-order valence-corrected chi connectivity index (χ0v) is 13.6. The van der Waals surface area contributed by atoms with Crippen molar-refractivity contribution >= 4 is 33.4 Å². The summed E-state index contributed by atoms with van der Waals surface area (Å²) < 4.78 is 14.3. The van der Waals surface area contributed by atoms with Gasteiger partial charge in [0, 0.05) is 29.8 Å². The second-order valence-electron chi connectivity index (χ2n) is 4.86. The maximum absolute atomic E-state index is 13.6. The molecule has 4 nitrogen and oxygen atoms in total. The number of benzene rings is 2. The maximum atomic E-state index is 13.6. The number of carbonyl (C=O) groups excluding carboxylic acids is 2. The largest absolute Gasteiger partial charge is 0.345 e. The molecule has 0 aliphatic heterocycles. The number of rotatable bonds is 3. The van der Waals surface area contributed by atoms with Crippen LogP contribution in [0.1, 0.15) is 20.7 Å². The Bertz CT molecular complexity index is 715. The Balaban J connectivity index is 2.15. The highest BCUT2D eigenvalue weighted by Gasteiger charge is 2.13. The third kappa shape index (κ3) is 3.71. The Morgan fingerprint density at radius 3 is 2.32 bits per heavy atom. The van der Waals surface area contributed by atoms with Gasteiger partial charge in [-0.25, -0.2) is 4.39 Å². The van der Waals surface area contributed by atoms with Gasteiger partial charge in [-0.3, -0.25) is 9.59 Å². The molecule has 1 N–H and O–H groups in total. The van der Waals surface area contributed by atoms with E-state index in [0.717, 1.165) is 0 Å². The van der Waals surface area contributed by atoms with Gasteiger partial charge in [0.25, 0.3) is 11.8 Å². The van der Waals surface area contributed by atoms with Gasteiger partial charge in [-0.1, -0.05) is 15.9 Å². The van der Waals surface area contributed by atoms with E-state index in [2.05, 4.69) is 21.2 Å². The molecule has 0 unspecified atom stereocenters. The second-order valence-corrected chi connectivity index (χ2v) is 5.77. The summed E-state index contributed by atoms with van der Waals surface area (Å²) in [5, 5.41) is 2.60. The lowest BCUT2D eigenvalue weighted by atomic mass is 10.1. The normalized spacial score (nSPS) is 10.2. The standard InChI is InChI=1S/C16H14BrFN2O2/c1-20(2)16(22)10-3-6-12(7-4-10)19-15(21)13-9-11(17)5-8-14(13)18/h3-9H,1-2H3,(H,19,21). The molecular formula is C16H14BrFN2O2. The minimum Gasteiger partial charge on any atom is -0.345 e. The van der Waals surface area contributed by atoms with Crippen LogP contribution in [0.4, 0.5) is 10.1 Å². The van der Waals surface area contributed by atoms with E-state index in [9.17, 15) is 14.0 Å². The number of hydrogen-bond donors (Lipinski definition) is 1. The van der Waals surface area contributed by atoms with Crippen molar-refractivity contribution in [3.63, 3.8) is 0 Å². The third-order valence-electron chi connectivity index (χ3n) is 2.97. The van der Waals surface area contributed by atoms with Crippen molar-refractivity contribution in [1.29, 1.82) is 0 Å². The summed E-state index contributed by atoms with van der Waals surface area (Å²) >= 11 is 3.20. The van der Waals surface area contributed by atoms with Crippen LogP contribution >= 0.6 is 15.9 Å². The Labute approximate surface area is 136 Å². The molecule has 0 fully saturated rings. The molecule has 2 rings (SSSR count). The van der Waals surface area contributed by atoms with Gasteiger partial charge in [0.05, 0.1) is 5.56 Å². The predicted octanol–water partition coefficient (Wildman–Crippen LogP) is 3.54. The van der Waals surface area contributed by atoms with E-state index in [1.807, 2.05) is 0 Å². The maximum Gasteiger partial charge on any atom is 0.258 e. The zero-order chi connectivity index (χ0) is 16.3. The molecule has 0 aliphatic rings. The lowest BCUT2D eigenvalue weighted by molar-refractivity contribution is 0.0827. The highest BCUT2D eigenvalue weighted by molar-refractivity contribution is 9.10. The molecule has 114 valence electrons. The van der Waals surface area contributed by atoms with Gasteiger partial charge >= 0.3 is 0 Å². The molecule has 22 heavy (non-hydrogen) atoms. The molecule has 0 saturated carbocycles. The predicted molar refractivity (Wildman–Crippen MR) is 86.5 cm³/mol. The molecule has 0 spiro atoms. The number of amides is 2. The van der Waals surface area contributed by atoms with Crippen LogP contribution in [0.3, 0.4) is 0 Å². The monoisotopic (exact) mass is 364 g/mol. The molecule has 0 bridgehead atoms. The fraction of sp³-hybridized carbons (Fsp3) is 0.125. The average Bonchev–Trinajstić information content (AvgIpc) is 2.49. The number of halogens is 2. The van der Waals surface area contributed by atoms with Crippen LogP contribution in [0.5, 0.6) is 0 Å². The first-order valence-electron chi connectivity index (χ1n) is 6.46. The second kappa shape index (κ2) is 6.70. The van der Waals surface area contributed by atoms with Crippen LogP contribution in [-0.4, -0.2) is 30.8 Å². The van der Waals surface area contributed by atoms with Crippen LogP contribution in [0.15, 0.2) is 46.9 Å². The molecule has 0 aliphatic carbocycles. The van der Waals surface area contributed by atoms with Gasteiger partial charge in [-0.05, 0) is 42.5 Å². The smallest absolute Gasteiger partial charge is 0.258 e. The lowest BCUT2D eigenvalue weighted by Crippen LogP contribution is -2.21. The zero-order valence-electron chi connectivity index (χ0n) is 12.1. The van der Waals surface area contributed by atoms with Crippen molar-refractivity contribution in [2.75, 3.05) is 19.4 Å². The topological polar surface area (TPSA) is 49.4 Å². The minimum atomic E-state index is -0.597. The number of carbonyl (C=O) groups is 2. The molecule has 0 saturated heterocycles. The molecule has 0 aromatic heterocycles. The fourth-order valence-electron chi connectivity index (χ4n) is 1.82. The van der Waals surface area contributed by atoms with Gasteiger partial charge in [0.15, 0.2) is 0 Å². The molecular weight excluding hydrogens is 351 g/mol. The quantitative estimate of drug-likeness (QED) is 0.905. The van der Waals surface area contributed by atoms with Crippen molar-refractivity contribution in [2.24, 2.45) is 0 Å². The summed E-state index contributed by atoms with van der Waals surface area (Å²) in [5.41, 5.74) is 0.944. The average molecular weight is 365 g/mol. The van der Waals surface area contributed by atoms with Gasteiger partial charge in [-0.15, -0.1) is 0 Å². The van der Waals surface area contributed by atoms with E-state index in [0.29, 0.717) is 15.7 Å². The Morgan fingerprint density at radius 1 is 1.09 bits per heavy atom. The van der Waals surface area contributed by atoms with Crippen LogP contribution in [-0.2, 0) is 0 Å². The van der Waals surface area contributed by atoms with Gasteiger partial charge in [0.2, 0.25) is 0 Å². The summed E-state index contributed by atoms with van der Waals surface area (Å²) in [5.74, 6) is -1.28. The van der Waals surface area contributed by atoms with E-state index in [4.69, 9.17) is 0 Å². The summed E-state index contributed by atoms with van der Waals surface area (Å²) in [7, 11) is 3.32. The highest BCUT2D eigenvalue weighted by Crippen LogP contribution is 2.18. The first-order valence-corrected chi connectivity index (χ1v) is 7.26. The Hall–Kier alpha value is -2.21. The van der Waals surface area contributed by atoms with Crippen LogP contribution < -0.4 is 5.32 Å². The Kier molecular flexibility index (Phi) is 4.92. The summed E-state index contributed by atoms with van der Waals surface area (Å²) in [6.45, 7) is 0. The van der Waals surface area contributed by atoms with E-state index in [1.54, 1.807) is 38.4 Å². The molecule has 6 heteroatoms. The number of hydrogen-bond acceptors (Lipinski definition) is 2. The van der Waals surface area contributed by atoms with Gasteiger partial charge in [0.1, 0.15) is 5.82 Å². The van der Waals surface area contributed by atoms with Crippen molar-refractivity contribution in [2.45, 2.75) is 0 Å². The van der Waals surface area contributed by atoms with Crippen molar-refractivity contribution in [3.05, 3.63) is 63.9 Å². The van der Waals surface area contributed by atoms with Crippen LogP contribution in [0.2, 0.25) is 0 Å². The summed E-state index contributed by atoms with van der Waals surface area (Å²) in [6, 6.07) is 10.6. The lowest BCUT2D eigenvalue weighted by Gasteiger charge is -2.11. The van der Waals surface area contributed by atoms with E-state index in [-0.39, 0.29) is 11.5 Å². The van der Waals surface area contributed by atoms with Gasteiger partial charge in [-0.2, -0.15) is 0 Å². The number of nitrogens with one attached hydrogen (secondary N) is 1. The van der Waals surface area contributed by atoms with Crippen molar-refractivity contribution in [3.8, 4) is 0 Å². The molecule has 0 atom stereocenters. The third-order valence-corrected chi connectivity index (χ3v) is 3.46. The van der Waals surface area contributed by atoms with Crippen molar-refractivity contribution in [1.82, 2.24) is 4.90 Å². The van der Waals surface area contributed by atoms with Crippen molar-refractivity contribution < 1.29 is 14.0 Å². The van der Waals surface area contributed by atoms with E-state index < -0.39 is 11.7 Å². The number of nitrogens with zero attached hydrogens (tertiary/aromatic N) is 1. The summed E-state index contributed by atoms with van der Waals surface area (Å²) in [4.78, 5) is 25.3.